The standard InChI is InChI=1S/C17H20N4O2/c1-12-14(19-23-18-12)10-21-9-5-8-17(11-21)13-6-3-4-7-15(13)20(2)16(17)22/h3-4,6-7H,5,8-11H2,1-2H3/t17-/m1/s1. The number of aryl methyl sites for hydroxylation is 1. The van der Waals surface area contributed by atoms with Gasteiger partial charge in [0.1, 0.15) is 11.4 Å². The minimum atomic E-state index is -0.422. The summed E-state index contributed by atoms with van der Waals surface area (Å²) < 4.78 is 4.80. The lowest BCUT2D eigenvalue weighted by Crippen LogP contribution is -2.51. The minimum absolute atomic E-state index is 0.207. The van der Waals surface area contributed by atoms with Gasteiger partial charge in [0.2, 0.25) is 5.91 Å². The first-order valence-electron chi connectivity index (χ1n) is 8.00. The van der Waals surface area contributed by atoms with E-state index in [4.69, 9.17) is 4.63 Å². The van der Waals surface area contributed by atoms with Crippen molar-refractivity contribution in [3.63, 3.8) is 0 Å². The summed E-state index contributed by atoms with van der Waals surface area (Å²) in [6, 6.07) is 8.15. The fourth-order valence-electron chi connectivity index (χ4n) is 3.99. The first kappa shape index (κ1) is 14.4. The van der Waals surface area contributed by atoms with Crippen LogP contribution in [-0.4, -0.2) is 41.3 Å². The first-order valence-corrected chi connectivity index (χ1v) is 8.00. The van der Waals surface area contributed by atoms with Gasteiger partial charge in [0.05, 0.1) is 5.41 Å². The highest BCUT2D eigenvalue weighted by atomic mass is 16.6. The third kappa shape index (κ3) is 2.09. The number of carbonyl (C=O) groups excluding carboxylic acids is 1. The van der Waals surface area contributed by atoms with E-state index < -0.39 is 5.41 Å². The molecular formula is C17H20N4O2. The Morgan fingerprint density at radius 3 is 2.91 bits per heavy atom. The molecule has 1 atom stereocenters. The average Bonchev–Trinajstić information content (AvgIpc) is 3.05. The van der Waals surface area contributed by atoms with Crippen molar-refractivity contribution < 1.29 is 9.42 Å². The normalized spacial score (nSPS) is 24.4. The van der Waals surface area contributed by atoms with Gasteiger partial charge in [0.15, 0.2) is 0 Å². The van der Waals surface area contributed by atoms with Crippen LogP contribution in [0.25, 0.3) is 0 Å². The van der Waals surface area contributed by atoms with Crippen LogP contribution in [0, 0.1) is 6.92 Å². The van der Waals surface area contributed by atoms with Crippen molar-refractivity contribution in [1.82, 2.24) is 15.2 Å². The fourth-order valence-corrected chi connectivity index (χ4v) is 3.99. The van der Waals surface area contributed by atoms with Crippen LogP contribution in [0.5, 0.6) is 0 Å². The topological polar surface area (TPSA) is 62.5 Å². The Bertz CT molecular complexity index is 757. The van der Waals surface area contributed by atoms with Crippen LogP contribution in [0.15, 0.2) is 28.9 Å². The van der Waals surface area contributed by atoms with Crippen molar-refractivity contribution in [3.8, 4) is 0 Å². The Balaban J connectivity index is 1.66. The van der Waals surface area contributed by atoms with Crippen LogP contribution in [-0.2, 0) is 16.8 Å². The maximum atomic E-state index is 13.0. The zero-order valence-electron chi connectivity index (χ0n) is 13.5. The van der Waals surface area contributed by atoms with Gasteiger partial charge in [-0.15, -0.1) is 0 Å². The van der Waals surface area contributed by atoms with E-state index in [0.29, 0.717) is 6.54 Å². The number of piperidine rings is 1. The van der Waals surface area contributed by atoms with E-state index >= 15 is 0 Å². The Labute approximate surface area is 135 Å². The number of anilines is 1. The zero-order chi connectivity index (χ0) is 16.0. The lowest BCUT2D eigenvalue weighted by Gasteiger charge is -2.39. The lowest BCUT2D eigenvalue weighted by molar-refractivity contribution is -0.125. The van der Waals surface area contributed by atoms with Gasteiger partial charge in [0.25, 0.3) is 0 Å². The van der Waals surface area contributed by atoms with Gasteiger partial charge in [-0.1, -0.05) is 28.5 Å². The lowest BCUT2D eigenvalue weighted by atomic mass is 9.75. The second kappa shape index (κ2) is 5.16. The largest absolute Gasteiger partial charge is 0.314 e. The number of hydrogen-bond acceptors (Lipinski definition) is 5. The van der Waals surface area contributed by atoms with Crippen LogP contribution >= 0.6 is 0 Å². The van der Waals surface area contributed by atoms with Crippen molar-refractivity contribution in [2.75, 3.05) is 25.0 Å². The van der Waals surface area contributed by atoms with Gasteiger partial charge >= 0.3 is 0 Å². The van der Waals surface area contributed by atoms with Crippen molar-refractivity contribution >= 4 is 11.6 Å². The molecule has 4 rings (SSSR count). The number of aromatic nitrogens is 2. The summed E-state index contributed by atoms with van der Waals surface area (Å²) in [7, 11) is 1.88. The predicted molar refractivity (Wildman–Crippen MR) is 85.1 cm³/mol. The molecule has 2 aliphatic rings. The fraction of sp³-hybridized carbons (Fsp3) is 0.471. The van der Waals surface area contributed by atoms with Gasteiger partial charge in [-0.3, -0.25) is 9.69 Å². The van der Waals surface area contributed by atoms with Crippen molar-refractivity contribution in [2.45, 2.75) is 31.7 Å². The molecule has 3 heterocycles. The smallest absolute Gasteiger partial charge is 0.238 e. The quantitative estimate of drug-likeness (QED) is 0.847. The number of amides is 1. The average molecular weight is 312 g/mol. The van der Waals surface area contributed by atoms with E-state index in [-0.39, 0.29) is 5.91 Å². The molecule has 1 saturated heterocycles. The molecule has 0 unspecified atom stereocenters. The van der Waals surface area contributed by atoms with E-state index in [9.17, 15) is 4.79 Å². The van der Waals surface area contributed by atoms with Crippen LogP contribution in [0.2, 0.25) is 0 Å². The highest BCUT2D eigenvalue weighted by Gasteiger charge is 2.51. The monoisotopic (exact) mass is 312 g/mol. The number of likely N-dealkylation sites (N-methyl/N-ethyl adjacent to an activating group) is 1. The van der Waals surface area contributed by atoms with E-state index in [1.807, 2.05) is 37.1 Å². The van der Waals surface area contributed by atoms with E-state index in [1.54, 1.807) is 0 Å². The third-order valence-corrected chi connectivity index (χ3v) is 5.19. The molecule has 0 N–H and O–H groups in total. The number of likely N-dealkylation sites (tertiary alicyclic amines) is 1. The maximum Gasteiger partial charge on any atom is 0.238 e. The van der Waals surface area contributed by atoms with Gasteiger partial charge < -0.3 is 4.90 Å². The van der Waals surface area contributed by atoms with Crippen LogP contribution in [0.3, 0.4) is 0 Å². The molecule has 0 aliphatic carbocycles. The molecule has 2 aromatic rings. The van der Waals surface area contributed by atoms with Crippen LogP contribution in [0.1, 0.15) is 29.8 Å². The molecule has 23 heavy (non-hydrogen) atoms. The van der Waals surface area contributed by atoms with Crippen molar-refractivity contribution in [1.29, 1.82) is 0 Å². The zero-order valence-corrected chi connectivity index (χ0v) is 13.5. The molecule has 0 saturated carbocycles. The number of nitrogens with zero attached hydrogens (tertiary/aromatic N) is 4. The number of benzene rings is 1. The van der Waals surface area contributed by atoms with Gasteiger partial charge in [-0.2, -0.15) is 0 Å². The molecule has 1 spiro atoms. The molecule has 1 fully saturated rings. The van der Waals surface area contributed by atoms with Crippen molar-refractivity contribution in [3.05, 3.63) is 41.2 Å². The molecule has 2 aliphatic heterocycles. The summed E-state index contributed by atoms with van der Waals surface area (Å²) in [5.74, 6) is 0.207. The highest BCUT2D eigenvalue weighted by Crippen LogP contribution is 2.46. The number of hydrogen-bond donors (Lipinski definition) is 0. The molecule has 6 heteroatoms. The van der Waals surface area contributed by atoms with E-state index in [0.717, 1.165) is 48.6 Å². The Morgan fingerprint density at radius 1 is 1.30 bits per heavy atom. The number of fused-ring (bicyclic) bond motifs is 2. The van der Waals surface area contributed by atoms with Gasteiger partial charge in [-0.05, 0) is 37.9 Å². The van der Waals surface area contributed by atoms with E-state index in [1.165, 1.54) is 0 Å². The second-order valence-electron chi connectivity index (χ2n) is 6.57. The van der Waals surface area contributed by atoms with Gasteiger partial charge in [0, 0.05) is 25.8 Å². The van der Waals surface area contributed by atoms with Crippen LogP contribution < -0.4 is 4.90 Å². The summed E-state index contributed by atoms with van der Waals surface area (Å²) in [4.78, 5) is 17.1. The molecule has 6 nitrogen and oxygen atoms in total. The number of rotatable bonds is 2. The summed E-state index contributed by atoms with van der Waals surface area (Å²) >= 11 is 0. The number of para-hydroxylation sites is 1. The molecule has 1 aromatic carbocycles. The van der Waals surface area contributed by atoms with Crippen molar-refractivity contribution in [2.24, 2.45) is 0 Å². The summed E-state index contributed by atoms with van der Waals surface area (Å²) in [6.07, 6.45) is 1.90. The molecule has 1 aromatic heterocycles. The van der Waals surface area contributed by atoms with Gasteiger partial charge in [-0.25, -0.2) is 4.63 Å². The number of carbonyl (C=O) groups is 1. The third-order valence-electron chi connectivity index (χ3n) is 5.19. The Hall–Kier alpha value is -2.21. The van der Waals surface area contributed by atoms with Crippen LogP contribution in [0.4, 0.5) is 5.69 Å². The summed E-state index contributed by atoms with van der Waals surface area (Å²) in [5.41, 5.74) is 3.45. The molecule has 120 valence electrons. The summed E-state index contributed by atoms with van der Waals surface area (Å²) in [6.45, 7) is 4.26. The molecule has 0 bridgehead atoms. The molecule has 0 radical (unpaired) electrons. The Kier molecular flexibility index (Phi) is 3.23. The predicted octanol–water partition coefficient (Wildman–Crippen LogP) is 1.89. The SMILES string of the molecule is Cc1nonc1CN1CCC[C@]2(C1)C(=O)N(C)c1ccccc12. The molecular weight excluding hydrogens is 292 g/mol. The first-order chi connectivity index (χ1) is 11.1. The molecule has 1 amide bonds. The highest BCUT2D eigenvalue weighted by molar-refractivity contribution is 6.08. The maximum absolute atomic E-state index is 13.0. The Morgan fingerprint density at radius 2 is 2.13 bits per heavy atom. The summed E-state index contributed by atoms with van der Waals surface area (Å²) in [5, 5.41) is 7.83. The minimum Gasteiger partial charge on any atom is -0.314 e. The van der Waals surface area contributed by atoms with E-state index in [2.05, 4.69) is 21.3 Å². The second-order valence-corrected chi connectivity index (χ2v) is 6.57.